The van der Waals surface area contributed by atoms with Gasteiger partial charge in [-0.05, 0) is 85.9 Å². The quantitative estimate of drug-likeness (QED) is 0.446. The highest BCUT2D eigenvalue weighted by atomic mass is 16.3. The van der Waals surface area contributed by atoms with Crippen molar-refractivity contribution in [2.45, 2.75) is 84.6 Å². The fourth-order valence-electron chi connectivity index (χ4n) is 7.57. The van der Waals surface area contributed by atoms with Crippen molar-refractivity contribution < 1.29 is 0 Å². The normalized spacial score (nSPS) is 52.1. The highest BCUT2D eigenvalue weighted by Crippen LogP contribution is 2.67. The third-order valence-corrected chi connectivity index (χ3v) is 8.91. The SMILES string of the molecule is CC[C@H]1CCC2C3CCC4=CC(N=O)CCC4(C)C3CCC21C. The summed E-state index contributed by atoms with van der Waals surface area (Å²) in [6, 6.07) is -0.0422. The maximum atomic E-state index is 11.0. The minimum absolute atomic E-state index is 0.0422. The number of nitroso groups, excluding NO2 is 1. The lowest BCUT2D eigenvalue weighted by molar-refractivity contribution is -0.0519. The lowest BCUT2D eigenvalue weighted by Crippen LogP contribution is -2.50. The Bertz CT molecular complexity index is 526. The van der Waals surface area contributed by atoms with Gasteiger partial charge in [-0.25, -0.2) is 0 Å². The summed E-state index contributed by atoms with van der Waals surface area (Å²) in [6.45, 7) is 7.54. The number of fused-ring (bicyclic) bond motifs is 5. The standard InChI is InChI=1S/C21H33NO/c1-4-14-6-8-18-17-7-5-15-13-16(22-23)9-11-21(15,3)19(17)10-12-20(14,18)2/h13-14,16-19H,4-12H2,1-3H3/t14-,16?,17?,18?,19?,20?,21?/m0/s1. The van der Waals surface area contributed by atoms with Gasteiger partial charge in [-0.15, -0.1) is 0 Å². The predicted octanol–water partition coefficient (Wildman–Crippen LogP) is 6.11. The van der Waals surface area contributed by atoms with Crippen LogP contribution < -0.4 is 0 Å². The van der Waals surface area contributed by atoms with Crippen molar-refractivity contribution in [2.24, 2.45) is 39.7 Å². The molecule has 7 atom stereocenters. The first-order valence-corrected chi connectivity index (χ1v) is 10.1. The summed E-state index contributed by atoms with van der Waals surface area (Å²) in [5.74, 6) is 3.73. The molecule has 0 aliphatic heterocycles. The van der Waals surface area contributed by atoms with Crippen LogP contribution in [0.4, 0.5) is 0 Å². The van der Waals surface area contributed by atoms with Crippen molar-refractivity contribution in [1.29, 1.82) is 0 Å². The third-order valence-electron chi connectivity index (χ3n) is 8.91. The van der Waals surface area contributed by atoms with Gasteiger partial charge in [0.2, 0.25) is 0 Å². The summed E-state index contributed by atoms with van der Waals surface area (Å²) in [6.07, 6.45) is 14.2. The lowest BCUT2D eigenvalue weighted by atomic mass is 9.46. The number of nitrogens with zero attached hydrogens (tertiary/aromatic N) is 1. The molecule has 0 heterocycles. The van der Waals surface area contributed by atoms with Crippen LogP contribution in [0.3, 0.4) is 0 Å². The van der Waals surface area contributed by atoms with Gasteiger partial charge < -0.3 is 0 Å². The minimum Gasteiger partial charge on any atom is -0.150 e. The van der Waals surface area contributed by atoms with Crippen molar-refractivity contribution >= 4 is 0 Å². The average Bonchev–Trinajstić information content (AvgIpc) is 2.90. The molecule has 0 radical (unpaired) electrons. The third kappa shape index (κ3) is 2.12. The molecule has 6 unspecified atom stereocenters. The Hall–Kier alpha value is -0.660. The first kappa shape index (κ1) is 15.8. The van der Waals surface area contributed by atoms with Crippen LogP contribution >= 0.6 is 0 Å². The van der Waals surface area contributed by atoms with Crippen LogP contribution in [0.25, 0.3) is 0 Å². The van der Waals surface area contributed by atoms with E-state index in [4.69, 9.17) is 0 Å². The van der Waals surface area contributed by atoms with Gasteiger partial charge in [0.25, 0.3) is 0 Å². The van der Waals surface area contributed by atoms with Crippen molar-refractivity contribution in [3.8, 4) is 0 Å². The Labute approximate surface area is 141 Å². The fraction of sp³-hybridized carbons (Fsp3) is 0.905. The molecule has 0 bridgehead atoms. The second-order valence-electron chi connectivity index (χ2n) is 9.46. The van der Waals surface area contributed by atoms with Crippen molar-refractivity contribution in [2.75, 3.05) is 0 Å². The van der Waals surface area contributed by atoms with E-state index >= 15 is 0 Å². The van der Waals surface area contributed by atoms with Gasteiger partial charge in [-0.2, -0.15) is 4.91 Å². The van der Waals surface area contributed by atoms with E-state index in [2.05, 4.69) is 32.0 Å². The number of allylic oxidation sites excluding steroid dienone is 1. The zero-order valence-electron chi connectivity index (χ0n) is 15.2. The van der Waals surface area contributed by atoms with Crippen LogP contribution in [-0.2, 0) is 0 Å². The highest BCUT2D eigenvalue weighted by molar-refractivity contribution is 5.26. The molecular formula is C21H33NO. The summed E-state index contributed by atoms with van der Waals surface area (Å²) in [4.78, 5) is 11.0. The average molecular weight is 316 g/mol. The zero-order valence-corrected chi connectivity index (χ0v) is 15.2. The summed E-state index contributed by atoms with van der Waals surface area (Å²) in [5.41, 5.74) is 2.58. The fourth-order valence-corrected chi connectivity index (χ4v) is 7.57. The highest BCUT2D eigenvalue weighted by Gasteiger charge is 2.58. The smallest absolute Gasteiger partial charge is 0.110 e. The van der Waals surface area contributed by atoms with Gasteiger partial charge >= 0.3 is 0 Å². The number of rotatable bonds is 2. The van der Waals surface area contributed by atoms with Gasteiger partial charge in [-0.3, -0.25) is 0 Å². The molecule has 3 saturated carbocycles. The minimum atomic E-state index is -0.0422. The van der Waals surface area contributed by atoms with Gasteiger partial charge in [0.1, 0.15) is 6.04 Å². The topological polar surface area (TPSA) is 29.4 Å². The predicted molar refractivity (Wildman–Crippen MR) is 95.1 cm³/mol. The largest absolute Gasteiger partial charge is 0.150 e. The molecule has 4 rings (SSSR count). The maximum Gasteiger partial charge on any atom is 0.110 e. The molecule has 0 N–H and O–H groups in total. The Kier molecular flexibility index (Phi) is 3.74. The molecule has 0 amide bonds. The molecule has 3 fully saturated rings. The van der Waals surface area contributed by atoms with Gasteiger partial charge in [0, 0.05) is 0 Å². The molecule has 4 aliphatic rings. The van der Waals surface area contributed by atoms with Crippen LogP contribution in [0.2, 0.25) is 0 Å². The molecule has 23 heavy (non-hydrogen) atoms. The summed E-state index contributed by atoms with van der Waals surface area (Å²) < 4.78 is 0. The Morgan fingerprint density at radius 2 is 1.91 bits per heavy atom. The first-order chi connectivity index (χ1) is 11.0. The van der Waals surface area contributed by atoms with E-state index in [9.17, 15) is 4.91 Å². The Morgan fingerprint density at radius 1 is 1.09 bits per heavy atom. The van der Waals surface area contributed by atoms with Crippen molar-refractivity contribution in [3.05, 3.63) is 16.6 Å². The molecule has 2 heteroatoms. The Balaban J connectivity index is 1.64. The number of hydrogen-bond donors (Lipinski definition) is 0. The van der Waals surface area contributed by atoms with Crippen LogP contribution in [-0.4, -0.2) is 6.04 Å². The second-order valence-corrected chi connectivity index (χ2v) is 9.46. The molecule has 2 nitrogen and oxygen atoms in total. The monoisotopic (exact) mass is 315 g/mol. The van der Waals surface area contributed by atoms with Gasteiger partial charge in [0.15, 0.2) is 0 Å². The second kappa shape index (κ2) is 5.43. The maximum absolute atomic E-state index is 11.0. The van der Waals surface area contributed by atoms with E-state index in [0.29, 0.717) is 10.8 Å². The van der Waals surface area contributed by atoms with E-state index in [1.165, 1.54) is 51.4 Å². The summed E-state index contributed by atoms with van der Waals surface area (Å²) in [7, 11) is 0. The van der Waals surface area contributed by atoms with Crippen LogP contribution in [0.5, 0.6) is 0 Å². The molecule has 0 aromatic heterocycles. The molecule has 4 aliphatic carbocycles. The molecule has 128 valence electrons. The van der Waals surface area contributed by atoms with E-state index in [1.807, 2.05) is 0 Å². The molecule has 0 spiro atoms. The molecule has 0 saturated heterocycles. The van der Waals surface area contributed by atoms with E-state index < -0.39 is 0 Å². The molecular weight excluding hydrogens is 282 g/mol. The van der Waals surface area contributed by atoms with Crippen LogP contribution in [0, 0.1) is 39.4 Å². The molecule has 0 aromatic carbocycles. The van der Waals surface area contributed by atoms with E-state index in [-0.39, 0.29) is 6.04 Å². The van der Waals surface area contributed by atoms with Crippen molar-refractivity contribution in [1.82, 2.24) is 0 Å². The van der Waals surface area contributed by atoms with Gasteiger partial charge in [0.05, 0.1) is 0 Å². The van der Waals surface area contributed by atoms with Crippen LogP contribution in [0.15, 0.2) is 16.8 Å². The molecule has 0 aromatic rings. The van der Waals surface area contributed by atoms with Crippen LogP contribution in [0.1, 0.15) is 78.6 Å². The van der Waals surface area contributed by atoms with E-state index in [0.717, 1.165) is 30.1 Å². The Morgan fingerprint density at radius 3 is 2.65 bits per heavy atom. The van der Waals surface area contributed by atoms with Crippen molar-refractivity contribution in [3.63, 3.8) is 0 Å². The number of hydrogen-bond acceptors (Lipinski definition) is 2. The zero-order chi connectivity index (χ0) is 16.2. The first-order valence-electron chi connectivity index (χ1n) is 10.1. The van der Waals surface area contributed by atoms with E-state index in [1.54, 1.807) is 5.57 Å². The van der Waals surface area contributed by atoms with Gasteiger partial charge in [-0.1, -0.05) is 44.0 Å². The lowest BCUT2D eigenvalue weighted by Gasteiger charge is -2.58. The summed E-state index contributed by atoms with van der Waals surface area (Å²) >= 11 is 0. The summed E-state index contributed by atoms with van der Waals surface area (Å²) in [5, 5.41) is 3.33.